The third-order valence-electron chi connectivity index (χ3n) is 8.60. The predicted octanol–water partition coefficient (Wildman–Crippen LogP) is 4.67. The molecule has 5 rings (SSSR count). The summed E-state index contributed by atoms with van der Waals surface area (Å²) in [6.07, 6.45) is -0.218. The number of halogens is 2. The number of rotatable bonds is 6. The summed E-state index contributed by atoms with van der Waals surface area (Å²) in [5, 5.41) is 12.8. The number of nitrogens with zero attached hydrogens (tertiary/aromatic N) is 1. The zero-order chi connectivity index (χ0) is 26.9. The standard InChI is InChI=1S/C27H31BF2N2O5/c1-23(2)24(3,4)37-28(36-23)18-6-5-17-13-20(35-19(17)14-18)22(34)32-26(9-11-27(29,30)12-10-26)21(33)15-25(16-31)7-8-25/h5-6,13-14H,7-12,15H2,1-4H3,(H,32,34). The van der Waals surface area contributed by atoms with Gasteiger partial charge in [0.15, 0.2) is 11.5 Å². The molecule has 1 aliphatic heterocycles. The first-order valence-electron chi connectivity index (χ1n) is 12.7. The molecule has 0 unspecified atom stereocenters. The van der Waals surface area contributed by atoms with E-state index in [0.29, 0.717) is 23.8 Å². The van der Waals surface area contributed by atoms with Crippen molar-refractivity contribution >= 4 is 35.2 Å². The molecule has 1 aromatic heterocycles. The number of nitrogens with one attached hydrogen (secondary N) is 1. The average molecular weight is 512 g/mol. The van der Waals surface area contributed by atoms with Crippen molar-refractivity contribution in [3.05, 3.63) is 30.0 Å². The van der Waals surface area contributed by atoms with Crippen LogP contribution in [0.5, 0.6) is 0 Å². The van der Waals surface area contributed by atoms with E-state index in [0.717, 1.165) is 5.46 Å². The quantitative estimate of drug-likeness (QED) is 0.565. The average Bonchev–Trinajstić information content (AvgIpc) is 3.39. The fourth-order valence-electron chi connectivity index (χ4n) is 5.04. The molecule has 2 heterocycles. The molecule has 2 saturated carbocycles. The highest BCUT2D eigenvalue weighted by Gasteiger charge is 2.54. The maximum Gasteiger partial charge on any atom is 0.494 e. The molecule has 0 bridgehead atoms. The Bertz CT molecular complexity index is 1280. The van der Waals surface area contributed by atoms with Crippen LogP contribution in [0.15, 0.2) is 28.7 Å². The van der Waals surface area contributed by atoms with Gasteiger partial charge in [-0.2, -0.15) is 5.26 Å². The second-order valence-electron chi connectivity index (χ2n) is 11.9. The Morgan fingerprint density at radius 2 is 1.62 bits per heavy atom. The summed E-state index contributed by atoms with van der Waals surface area (Å²) in [5.74, 6) is -3.92. The van der Waals surface area contributed by atoms with E-state index in [9.17, 15) is 23.6 Å². The number of alkyl halides is 2. The van der Waals surface area contributed by atoms with Crippen molar-refractivity contribution in [3.63, 3.8) is 0 Å². The molecule has 3 fully saturated rings. The fourth-order valence-corrected chi connectivity index (χ4v) is 5.04. The molecule has 37 heavy (non-hydrogen) atoms. The van der Waals surface area contributed by atoms with Crippen molar-refractivity contribution < 1.29 is 32.1 Å². The van der Waals surface area contributed by atoms with Crippen LogP contribution in [-0.4, -0.2) is 41.5 Å². The molecule has 0 spiro atoms. The molecule has 7 nitrogen and oxygen atoms in total. The first-order valence-corrected chi connectivity index (χ1v) is 12.7. The van der Waals surface area contributed by atoms with Gasteiger partial charge < -0.3 is 19.0 Å². The summed E-state index contributed by atoms with van der Waals surface area (Å²) in [6, 6.07) is 9.12. The topological polar surface area (TPSA) is 102 Å². The number of hydrogen-bond acceptors (Lipinski definition) is 6. The number of Topliss-reactive ketones (excluding diaryl/α,β-unsaturated/α-hetero) is 1. The number of fused-ring (bicyclic) bond motifs is 1. The Balaban J connectivity index is 1.37. The number of hydrogen-bond donors (Lipinski definition) is 1. The van der Waals surface area contributed by atoms with Gasteiger partial charge in [0.05, 0.1) is 28.2 Å². The van der Waals surface area contributed by atoms with E-state index in [-0.39, 0.29) is 30.8 Å². The summed E-state index contributed by atoms with van der Waals surface area (Å²) in [7, 11) is -0.601. The van der Waals surface area contributed by atoms with Gasteiger partial charge in [-0.3, -0.25) is 9.59 Å². The van der Waals surface area contributed by atoms with Crippen LogP contribution >= 0.6 is 0 Å². The molecule has 10 heteroatoms. The number of furan rings is 1. The number of carbonyl (C=O) groups is 2. The molecular weight excluding hydrogens is 481 g/mol. The lowest BCUT2D eigenvalue weighted by Crippen LogP contribution is -2.58. The Morgan fingerprint density at radius 1 is 1.00 bits per heavy atom. The van der Waals surface area contributed by atoms with Crippen molar-refractivity contribution in [2.45, 2.75) is 95.3 Å². The Hall–Kier alpha value is -2.77. The van der Waals surface area contributed by atoms with Crippen molar-refractivity contribution in [1.29, 1.82) is 5.26 Å². The third-order valence-corrected chi connectivity index (χ3v) is 8.60. The van der Waals surface area contributed by atoms with Crippen LogP contribution in [0.25, 0.3) is 11.0 Å². The molecule has 0 atom stereocenters. The maximum absolute atomic E-state index is 14.0. The lowest BCUT2D eigenvalue weighted by molar-refractivity contribution is -0.131. The van der Waals surface area contributed by atoms with Gasteiger partial charge in [-0.05, 0) is 71.0 Å². The molecule has 0 radical (unpaired) electrons. The van der Waals surface area contributed by atoms with Gasteiger partial charge in [0, 0.05) is 24.6 Å². The monoisotopic (exact) mass is 512 g/mol. The largest absolute Gasteiger partial charge is 0.494 e. The van der Waals surface area contributed by atoms with Crippen LogP contribution in [0.2, 0.25) is 0 Å². The van der Waals surface area contributed by atoms with E-state index in [2.05, 4.69) is 11.4 Å². The Morgan fingerprint density at radius 3 is 2.19 bits per heavy atom. The highest BCUT2D eigenvalue weighted by atomic mass is 19.3. The van der Waals surface area contributed by atoms with E-state index in [1.54, 1.807) is 18.2 Å². The molecule has 3 aliphatic rings. The van der Waals surface area contributed by atoms with Gasteiger partial charge in [-0.25, -0.2) is 8.78 Å². The van der Waals surface area contributed by atoms with Crippen LogP contribution in [0.3, 0.4) is 0 Å². The summed E-state index contributed by atoms with van der Waals surface area (Å²) >= 11 is 0. The van der Waals surface area contributed by atoms with Crippen LogP contribution in [0.4, 0.5) is 8.78 Å². The highest BCUT2D eigenvalue weighted by molar-refractivity contribution is 6.62. The summed E-state index contributed by atoms with van der Waals surface area (Å²) in [6.45, 7) is 7.84. The lowest BCUT2D eigenvalue weighted by atomic mass is 9.74. The third kappa shape index (κ3) is 4.68. The fraction of sp³-hybridized carbons (Fsp3) is 0.593. The minimum Gasteiger partial charge on any atom is -0.451 e. The summed E-state index contributed by atoms with van der Waals surface area (Å²) < 4.78 is 46.0. The van der Waals surface area contributed by atoms with Gasteiger partial charge in [0.2, 0.25) is 5.92 Å². The van der Waals surface area contributed by atoms with Crippen molar-refractivity contribution in [3.8, 4) is 6.07 Å². The number of ketones is 1. The zero-order valence-corrected chi connectivity index (χ0v) is 21.6. The summed E-state index contributed by atoms with van der Waals surface area (Å²) in [4.78, 5) is 26.6. The number of benzene rings is 1. The smallest absolute Gasteiger partial charge is 0.451 e. The van der Waals surface area contributed by atoms with Crippen LogP contribution in [0, 0.1) is 16.7 Å². The molecule has 1 N–H and O–H groups in total. The van der Waals surface area contributed by atoms with Gasteiger partial charge >= 0.3 is 7.12 Å². The van der Waals surface area contributed by atoms with Gasteiger partial charge in [-0.1, -0.05) is 12.1 Å². The lowest BCUT2D eigenvalue weighted by Gasteiger charge is -2.39. The molecule has 2 aliphatic carbocycles. The highest BCUT2D eigenvalue weighted by Crippen LogP contribution is 2.50. The van der Waals surface area contributed by atoms with Crippen molar-refractivity contribution in [2.75, 3.05) is 0 Å². The number of nitriles is 1. The van der Waals surface area contributed by atoms with Crippen LogP contribution in [-0.2, 0) is 14.1 Å². The van der Waals surface area contributed by atoms with Crippen LogP contribution in [0.1, 0.15) is 83.2 Å². The van der Waals surface area contributed by atoms with Crippen molar-refractivity contribution in [1.82, 2.24) is 5.32 Å². The van der Waals surface area contributed by atoms with E-state index in [1.807, 2.05) is 33.8 Å². The molecule has 1 saturated heterocycles. The minimum atomic E-state index is -2.88. The first-order chi connectivity index (χ1) is 17.2. The molecule has 2 aromatic rings. The Labute approximate surface area is 215 Å². The van der Waals surface area contributed by atoms with Gasteiger partial charge in [-0.15, -0.1) is 0 Å². The maximum atomic E-state index is 14.0. The molecule has 1 aromatic carbocycles. The predicted molar refractivity (Wildman–Crippen MR) is 132 cm³/mol. The van der Waals surface area contributed by atoms with Gasteiger partial charge in [0.1, 0.15) is 5.58 Å². The molecule has 1 amide bonds. The second kappa shape index (κ2) is 8.37. The zero-order valence-electron chi connectivity index (χ0n) is 21.6. The molecule has 196 valence electrons. The van der Waals surface area contributed by atoms with Crippen LogP contribution < -0.4 is 10.8 Å². The van der Waals surface area contributed by atoms with E-state index >= 15 is 0 Å². The Kier molecular flexibility index (Phi) is 5.85. The first kappa shape index (κ1) is 25.9. The second-order valence-corrected chi connectivity index (χ2v) is 11.9. The van der Waals surface area contributed by atoms with E-state index < -0.39 is 53.9 Å². The molecular formula is C27H31BF2N2O5. The number of carbonyl (C=O) groups excluding carboxylic acids is 2. The summed E-state index contributed by atoms with van der Waals surface area (Å²) in [5.41, 5.74) is -2.03. The SMILES string of the molecule is CC1(C)OB(c2ccc3cc(C(=O)NC4(C(=O)CC5(C#N)CC5)CCC(F)(F)CC4)oc3c2)OC1(C)C. The number of amides is 1. The normalized spacial score (nSPS) is 24.4. The minimum absolute atomic E-state index is 0.0213. The van der Waals surface area contributed by atoms with Crippen molar-refractivity contribution in [2.24, 2.45) is 5.41 Å². The van der Waals surface area contributed by atoms with Gasteiger partial charge in [0.25, 0.3) is 5.91 Å². The van der Waals surface area contributed by atoms with E-state index in [4.69, 9.17) is 13.7 Å². The van der Waals surface area contributed by atoms with E-state index in [1.165, 1.54) is 0 Å².